The molecule has 0 atom stereocenters. The summed E-state index contributed by atoms with van der Waals surface area (Å²) in [5.41, 5.74) is 20.9. The van der Waals surface area contributed by atoms with Crippen LogP contribution < -0.4 is 4.90 Å². The van der Waals surface area contributed by atoms with Crippen molar-refractivity contribution in [3.05, 3.63) is 303 Å². The molecule has 4 nitrogen and oxygen atoms in total. The second-order valence-electron chi connectivity index (χ2n) is 20.9. The van der Waals surface area contributed by atoms with Crippen LogP contribution in [0.1, 0.15) is 0 Å². The van der Waals surface area contributed by atoms with Crippen molar-refractivity contribution in [2.24, 2.45) is 0 Å². The molecule has 0 unspecified atom stereocenters. The zero-order valence-corrected chi connectivity index (χ0v) is 43.7. The van der Waals surface area contributed by atoms with E-state index in [0.29, 0.717) is 0 Å². The van der Waals surface area contributed by atoms with Gasteiger partial charge in [-0.25, -0.2) is 0 Å². The minimum Gasteiger partial charge on any atom is -0.310 e. The lowest BCUT2D eigenvalue weighted by atomic mass is 9.95. The molecule has 0 aliphatic carbocycles. The average molecular weight is 1020 g/mol. The maximum absolute atomic E-state index is 2.42. The van der Waals surface area contributed by atoms with Gasteiger partial charge in [-0.05, 0) is 142 Å². The third-order valence-electron chi connectivity index (χ3n) is 16.5. The van der Waals surface area contributed by atoms with E-state index in [4.69, 9.17) is 0 Å². The molecule has 13 aromatic carbocycles. The molecule has 374 valence electrons. The van der Waals surface area contributed by atoms with Crippen LogP contribution in [-0.4, -0.2) is 13.7 Å². The number of nitrogens with zero attached hydrogens (tertiary/aromatic N) is 4. The lowest BCUT2D eigenvalue weighted by molar-refractivity contribution is 1.18. The summed E-state index contributed by atoms with van der Waals surface area (Å²) < 4.78 is 7.16. The number of hydrogen-bond acceptors (Lipinski definition) is 1. The number of para-hydroxylation sites is 6. The number of anilines is 3. The van der Waals surface area contributed by atoms with Gasteiger partial charge in [0.15, 0.2) is 0 Å². The SMILES string of the molecule is c1ccc(-n2c3ccccc3c3ccc(-c4ccc(N(c5ccc(-c6ccc(-n7c8ccccc8c8ccccc87)cc6)cc5)c5ccc(-c6ccc(-n7c8ccccc8c8ccccc87)cc6)cc5)c5ccccc45)cc32)cc1. The Bertz CT molecular complexity index is 4720. The van der Waals surface area contributed by atoms with Crippen LogP contribution in [0.4, 0.5) is 17.1 Å². The Kier molecular flexibility index (Phi) is 10.5. The summed E-state index contributed by atoms with van der Waals surface area (Å²) in [7, 11) is 0. The Hall–Kier alpha value is -10.7. The average Bonchev–Trinajstić information content (AvgIpc) is 4.27. The van der Waals surface area contributed by atoms with Gasteiger partial charge < -0.3 is 18.6 Å². The second-order valence-corrected chi connectivity index (χ2v) is 20.9. The maximum atomic E-state index is 2.42. The standard InChI is InChI=1S/C76H50N4/c1-2-16-56(17-3-1)80-74-29-15-10-24-68(74)69-47-38-55(50-76(69)80)61-48-49-75(63-19-5-4-18-62(61)63)77(57-39-30-51(31-40-57)53-34-43-59(44-35-53)78-70-25-11-6-20-64(70)65-21-7-12-26-71(65)78)58-41-32-52(33-42-58)54-36-45-60(46-37-54)79-72-27-13-8-22-66(72)67-23-9-14-28-73(67)79/h1-50H. The van der Waals surface area contributed by atoms with Gasteiger partial charge in [-0.2, -0.15) is 0 Å². The van der Waals surface area contributed by atoms with Gasteiger partial charge in [0, 0.05) is 66.1 Å². The number of aromatic nitrogens is 3. The van der Waals surface area contributed by atoms with Gasteiger partial charge in [-0.1, -0.05) is 200 Å². The van der Waals surface area contributed by atoms with Gasteiger partial charge in [0.1, 0.15) is 0 Å². The molecule has 4 heteroatoms. The van der Waals surface area contributed by atoms with Gasteiger partial charge in [-0.15, -0.1) is 0 Å². The zero-order valence-electron chi connectivity index (χ0n) is 43.7. The summed E-state index contributed by atoms with van der Waals surface area (Å²) in [5, 5.41) is 9.90. The van der Waals surface area contributed by atoms with Crippen LogP contribution in [-0.2, 0) is 0 Å². The Morgan fingerprint density at radius 3 is 0.938 bits per heavy atom. The summed E-state index contributed by atoms with van der Waals surface area (Å²) in [5.74, 6) is 0. The Labute approximate surface area is 463 Å². The zero-order chi connectivity index (χ0) is 52.7. The molecule has 0 amide bonds. The van der Waals surface area contributed by atoms with E-state index in [1.807, 2.05) is 0 Å². The first kappa shape index (κ1) is 45.5. The highest BCUT2D eigenvalue weighted by Gasteiger charge is 2.21. The molecule has 0 fully saturated rings. The van der Waals surface area contributed by atoms with E-state index in [1.54, 1.807) is 0 Å². The normalized spacial score (nSPS) is 11.8. The van der Waals surface area contributed by atoms with Crippen molar-refractivity contribution in [1.82, 2.24) is 13.7 Å². The van der Waals surface area contributed by atoms with Crippen molar-refractivity contribution in [3.63, 3.8) is 0 Å². The fourth-order valence-electron chi connectivity index (χ4n) is 12.8. The van der Waals surface area contributed by atoms with Crippen molar-refractivity contribution < 1.29 is 0 Å². The fourth-order valence-corrected chi connectivity index (χ4v) is 12.8. The molecule has 0 radical (unpaired) electrons. The molecular weight excluding hydrogens is 969 g/mol. The minimum atomic E-state index is 1.07. The third kappa shape index (κ3) is 7.31. The summed E-state index contributed by atoms with van der Waals surface area (Å²) in [6, 6.07) is 111. The van der Waals surface area contributed by atoms with Gasteiger partial charge in [0.05, 0.1) is 38.8 Å². The van der Waals surface area contributed by atoms with Crippen LogP contribution in [0.5, 0.6) is 0 Å². The van der Waals surface area contributed by atoms with Gasteiger partial charge in [0.2, 0.25) is 0 Å². The Morgan fingerprint density at radius 2 is 0.512 bits per heavy atom. The van der Waals surface area contributed by atoms with Gasteiger partial charge in [-0.3, -0.25) is 0 Å². The van der Waals surface area contributed by atoms with Crippen LogP contribution in [0.25, 0.3) is 127 Å². The van der Waals surface area contributed by atoms with E-state index in [1.165, 1.54) is 98.4 Å². The second kappa shape index (κ2) is 18.5. The predicted octanol–water partition coefficient (Wildman–Crippen LogP) is 20.6. The molecule has 16 rings (SSSR count). The third-order valence-corrected chi connectivity index (χ3v) is 16.5. The largest absolute Gasteiger partial charge is 0.310 e. The quantitative estimate of drug-likeness (QED) is 0.141. The van der Waals surface area contributed by atoms with Crippen molar-refractivity contribution >= 4 is 93.3 Å². The van der Waals surface area contributed by atoms with Crippen LogP contribution in [0.15, 0.2) is 303 Å². The van der Waals surface area contributed by atoms with Crippen molar-refractivity contribution in [3.8, 4) is 50.4 Å². The summed E-state index contributed by atoms with van der Waals surface area (Å²) in [4.78, 5) is 2.42. The molecule has 0 N–H and O–H groups in total. The maximum Gasteiger partial charge on any atom is 0.0547 e. The minimum absolute atomic E-state index is 1.07. The van der Waals surface area contributed by atoms with Crippen LogP contribution in [0.2, 0.25) is 0 Å². The first-order chi connectivity index (χ1) is 39.7. The number of hydrogen-bond donors (Lipinski definition) is 0. The first-order valence-corrected chi connectivity index (χ1v) is 27.5. The topological polar surface area (TPSA) is 18.0 Å². The molecule has 0 aliphatic heterocycles. The number of rotatable bonds is 9. The van der Waals surface area contributed by atoms with E-state index in [-0.39, 0.29) is 0 Å². The van der Waals surface area contributed by atoms with Crippen LogP contribution >= 0.6 is 0 Å². The Morgan fingerprint density at radius 1 is 0.200 bits per heavy atom. The molecule has 3 aromatic heterocycles. The Balaban J connectivity index is 0.792. The summed E-state index contributed by atoms with van der Waals surface area (Å²) >= 11 is 0. The summed E-state index contributed by atoms with van der Waals surface area (Å²) in [6.45, 7) is 0. The lowest BCUT2D eigenvalue weighted by Crippen LogP contribution is -2.10. The van der Waals surface area contributed by atoms with E-state index in [0.717, 1.165) is 45.3 Å². The smallest absolute Gasteiger partial charge is 0.0547 e. The van der Waals surface area contributed by atoms with E-state index in [9.17, 15) is 0 Å². The molecule has 0 bridgehead atoms. The fraction of sp³-hybridized carbons (Fsp3) is 0. The highest BCUT2D eigenvalue weighted by atomic mass is 15.1. The molecule has 3 heterocycles. The molecular formula is C76H50N4. The van der Waals surface area contributed by atoms with Gasteiger partial charge in [0.25, 0.3) is 0 Å². The number of benzene rings is 13. The van der Waals surface area contributed by atoms with E-state index in [2.05, 4.69) is 322 Å². The van der Waals surface area contributed by atoms with E-state index >= 15 is 0 Å². The monoisotopic (exact) mass is 1020 g/mol. The molecule has 80 heavy (non-hydrogen) atoms. The van der Waals surface area contributed by atoms with Gasteiger partial charge >= 0.3 is 0 Å². The highest BCUT2D eigenvalue weighted by Crippen LogP contribution is 2.45. The summed E-state index contributed by atoms with van der Waals surface area (Å²) in [6.07, 6.45) is 0. The molecule has 0 saturated heterocycles. The number of fused-ring (bicyclic) bond motifs is 10. The van der Waals surface area contributed by atoms with Crippen LogP contribution in [0.3, 0.4) is 0 Å². The van der Waals surface area contributed by atoms with Crippen molar-refractivity contribution in [2.75, 3.05) is 4.90 Å². The van der Waals surface area contributed by atoms with Crippen LogP contribution in [0, 0.1) is 0 Å². The molecule has 0 spiro atoms. The lowest BCUT2D eigenvalue weighted by Gasteiger charge is -2.28. The molecule has 16 aromatic rings. The predicted molar refractivity (Wildman–Crippen MR) is 338 cm³/mol. The van der Waals surface area contributed by atoms with Crippen molar-refractivity contribution in [2.45, 2.75) is 0 Å². The molecule has 0 aliphatic rings. The molecule has 0 saturated carbocycles. The van der Waals surface area contributed by atoms with E-state index < -0.39 is 0 Å². The first-order valence-electron chi connectivity index (χ1n) is 27.5. The highest BCUT2D eigenvalue weighted by molar-refractivity contribution is 6.13. The van der Waals surface area contributed by atoms with Crippen molar-refractivity contribution in [1.29, 1.82) is 0 Å².